The first-order chi connectivity index (χ1) is 12.1. The normalized spacial score (nSPS) is 13.7. The minimum absolute atomic E-state index is 0.160. The van der Waals surface area contributed by atoms with Crippen LogP contribution in [0.3, 0.4) is 0 Å². The molecule has 11 heteroatoms. The molecule has 0 aliphatic carbocycles. The van der Waals surface area contributed by atoms with E-state index >= 15 is 0 Å². The van der Waals surface area contributed by atoms with Gasteiger partial charge >= 0.3 is 6.18 Å². The highest BCUT2D eigenvalue weighted by Crippen LogP contribution is 2.40. The molecule has 1 heterocycles. The second-order valence-electron chi connectivity index (χ2n) is 5.14. The van der Waals surface area contributed by atoms with Crippen LogP contribution < -0.4 is 4.74 Å². The number of nitrogens with zero attached hydrogens (tertiary/aromatic N) is 3. The predicted molar refractivity (Wildman–Crippen MR) is 83.3 cm³/mol. The lowest BCUT2D eigenvalue weighted by atomic mass is 10.1. The van der Waals surface area contributed by atoms with Crippen molar-refractivity contribution in [2.75, 3.05) is 13.7 Å². The zero-order valence-corrected chi connectivity index (χ0v) is 14.6. The molecule has 0 spiro atoms. The van der Waals surface area contributed by atoms with Gasteiger partial charge < -0.3 is 4.74 Å². The molecule has 0 radical (unpaired) electrons. The Kier molecular flexibility index (Phi) is 5.81. The molecule has 0 amide bonds. The molecule has 0 aliphatic rings. The summed E-state index contributed by atoms with van der Waals surface area (Å²) in [7, 11) is -3.37. The first kappa shape index (κ1) is 20.0. The molecule has 26 heavy (non-hydrogen) atoms. The Morgan fingerprint density at radius 2 is 1.85 bits per heavy atom. The van der Waals surface area contributed by atoms with Gasteiger partial charge in [0.1, 0.15) is 16.8 Å². The zero-order valence-electron chi connectivity index (χ0n) is 13.7. The third-order valence-electron chi connectivity index (χ3n) is 3.52. The maximum atomic E-state index is 13.7. The number of halogens is 4. The summed E-state index contributed by atoms with van der Waals surface area (Å²) in [6.45, 7) is 0.792. The summed E-state index contributed by atoms with van der Waals surface area (Å²) in [5.41, 5.74) is -0.404. The smallest absolute Gasteiger partial charge is 0.409 e. The van der Waals surface area contributed by atoms with Gasteiger partial charge in [-0.15, -0.1) is 5.10 Å². The molecule has 0 fully saturated rings. The first-order valence-corrected chi connectivity index (χ1v) is 8.76. The van der Waals surface area contributed by atoms with Gasteiger partial charge in [-0.2, -0.15) is 22.6 Å². The van der Waals surface area contributed by atoms with Crippen LogP contribution in [-0.2, 0) is 10.0 Å². The van der Waals surface area contributed by atoms with Crippen LogP contribution in [-0.4, -0.2) is 42.8 Å². The van der Waals surface area contributed by atoms with Gasteiger partial charge in [-0.25, -0.2) is 12.8 Å². The number of rotatable bonds is 6. The fraction of sp³-hybridized carbons (Fsp3) is 0.333. The van der Waals surface area contributed by atoms with Crippen LogP contribution >= 0.6 is 0 Å². The highest BCUT2D eigenvalue weighted by atomic mass is 32.2. The van der Waals surface area contributed by atoms with Crippen molar-refractivity contribution in [3.05, 3.63) is 47.9 Å². The Morgan fingerprint density at radius 1 is 1.23 bits per heavy atom. The highest BCUT2D eigenvalue weighted by Gasteiger charge is 2.48. The summed E-state index contributed by atoms with van der Waals surface area (Å²) in [6, 6.07) is 1.96. The summed E-state index contributed by atoms with van der Waals surface area (Å²) in [5, 5.41) is 6.93. The Morgan fingerprint density at radius 3 is 2.35 bits per heavy atom. The van der Waals surface area contributed by atoms with E-state index in [1.54, 1.807) is 0 Å². The van der Waals surface area contributed by atoms with Crippen molar-refractivity contribution in [2.24, 2.45) is 0 Å². The number of alkyl halides is 3. The van der Waals surface area contributed by atoms with Gasteiger partial charge in [-0.3, -0.25) is 0 Å². The van der Waals surface area contributed by atoms with Crippen LogP contribution in [0, 0.1) is 5.82 Å². The van der Waals surface area contributed by atoms with Gasteiger partial charge in [0, 0.05) is 12.6 Å². The van der Waals surface area contributed by atoms with Gasteiger partial charge in [0.05, 0.1) is 13.3 Å². The van der Waals surface area contributed by atoms with E-state index in [9.17, 15) is 26.0 Å². The minimum atomic E-state index is -4.93. The predicted octanol–water partition coefficient (Wildman–Crippen LogP) is 2.94. The second kappa shape index (κ2) is 7.54. The lowest BCUT2D eigenvalue weighted by molar-refractivity contribution is -0.173. The largest absolute Gasteiger partial charge is 0.480 e. The second-order valence-corrected chi connectivity index (χ2v) is 7.03. The van der Waals surface area contributed by atoms with Crippen molar-refractivity contribution in [2.45, 2.75) is 24.0 Å². The molecule has 1 atom stereocenters. The molecule has 1 aromatic carbocycles. The average Bonchev–Trinajstić information content (AvgIpc) is 2.59. The van der Waals surface area contributed by atoms with E-state index in [-0.39, 0.29) is 10.2 Å². The van der Waals surface area contributed by atoms with Gasteiger partial charge in [0.25, 0.3) is 0 Å². The molecular weight excluding hydrogens is 378 g/mol. The van der Waals surface area contributed by atoms with E-state index in [0.717, 1.165) is 36.5 Å². The maximum Gasteiger partial charge on any atom is 0.409 e. The molecule has 0 unspecified atom stereocenters. The summed E-state index contributed by atoms with van der Waals surface area (Å²) >= 11 is 0. The fourth-order valence-corrected chi connectivity index (χ4v) is 3.92. The Labute approximate surface area is 147 Å². The van der Waals surface area contributed by atoms with Crippen molar-refractivity contribution >= 4 is 10.0 Å². The van der Waals surface area contributed by atoms with Crippen LogP contribution in [0.25, 0.3) is 0 Å². The van der Waals surface area contributed by atoms with E-state index in [4.69, 9.17) is 4.74 Å². The van der Waals surface area contributed by atoms with Gasteiger partial charge in [0.15, 0.2) is 0 Å². The number of hydrogen-bond acceptors (Lipinski definition) is 5. The fourth-order valence-electron chi connectivity index (χ4n) is 2.36. The summed E-state index contributed by atoms with van der Waals surface area (Å²) in [6.07, 6.45) is -4.09. The number of ether oxygens (including phenoxy) is 1. The lowest BCUT2D eigenvalue weighted by Crippen LogP contribution is -2.42. The van der Waals surface area contributed by atoms with E-state index in [1.807, 2.05) is 0 Å². The van der Waals surface area contributed by atoms with E-state index < -0.39 is 45.1 Å². The van der Waals surface area contributed by atoms with Crippen molar-refractivity contribution in [3.63, 3.8) is 0 Å². The lowest BCUT2D eigenvalue weighted by Gasteiger charge is -2.31. The van der Waals surface area contributed by atoms with E-state index in [0.29, 0.717) is 0 Å². The number of methoxy groups -OCH3 is 1. The standard InChI is InChI=1S/C15H15F4N3O3S/c1-3-22(26(23,24)12-8-13(25-2)21-20-9-12)14(15(17,18)19)10-4-6-11(16)7-5-10/h4-9,14H,3H2,1-2H3/t14-/m1/s1. The molecule has 0 bridgehead atoms. The Hall–Kier alpha value is -2.27. The summed E-state index contributed by atoms with van der Waals surface area (Å²) in [5.74, 6) is -0.892. The molecule has 1 aromatic heterocycles. The number of benzene rings is 1. The SMILES string of the molecule is CCN([C@H](c1ccc(F)cc1)C(F)(F)F)S(=O)(=O)c1cnnc(OC)c1. The average molecular weight is 393 g/mol. The van der Waals surface area contributed by atoms with Crippen molar-refractivity contribution in [1.29, 1.82) is 0 Å². The van der Waals surface area contributed by atoms with Crippen LogP contribution in [0.5, 0.6) is 5.88 Å². The molecule has 0 saturated carbocycles. The Balaban J connectivity index is 2.58. The number of hydrogen-bond donors (Lipinski definition) is 0. The molecule has 2 rings (SSSR count). The van der Waals surface area contributed by atoms with Crippen molar-refractivity contribution in [1.82, 2.24) is 14.5 Å². The molecule has 142 valence electrons. The van der Waals surface area contributed by atoms with Crippen LogP contribution in [0.1, 0.15) is 18.5 Å². The van der Waals surface area contributed by atoms with Crippen molar-refractivity contribution < 1.29 is 30.7 Å². The van der Waals surface area contributed by atoms with Crippen LogP contribution in [0.2, 0.25) is 0 Å². The molecular formula is C15H15F4N3O3S. The van der Waals surface area contributed by atoms with E-state index in [1.165, 1.54) is 14.0 Å². The maximum absolute atomic E-state index is 13.7. The van der Waals surface area contributed by atoms with Crippen LogP contribution in [0.15, 0.2) is 41.4 Å². The highest BCUT2D eigenvalue weighted by molar-refractivity contribution is 7.89. The number of sulfonamides is 1. The third-order valence-corrected chi connectivity index (χ3v) is 5.42. The first-order valence-electron chi connectivity index (χ1n) is 7.32. The topological polar surface area (TPSA) is 72.4 Å². The summed E-state index contributed by atoms with van der Waals surface area (Å²) < 4.78 is 84.7. The third kappa shape index (κ3) is 4.10. The van der Waals surface area contributed by atoms with Crippen molar-refractivity contribution in [3.8, 4) is 5.88 Å². The number of aromatic nitrogens is 2. The quantitative estimate of drug-likeness (QED) is 0.706. The monoisotopic (exact) mass is 393 g/mol. The van der Waals surface area contributed by atoms with Gasteiger partial charge in [-0.05, 0) is 17.7 Å². The molecule has 6 nitrogen and oxygen atoms in total. The van der Waals surface area contributed by atoms with Gasteiger partial charge in [0.2, 0.25) is 15.9 Å². The van der Waals surface area contributed by atoms with Gasteiger partial charge in [-0.1, -0.05) is 19.1 Å². The molecule has 0 aliphatic heterocycles. The molecule has 0 N–H and O–H groups in total. The summed E-state index contributed by atoms with van der Waals surface area (Å²) in [4.78, 5) is -0.498. The zero-order chi connectivity index (χ0) is 19.5. The minimum Gasteiger partial charge on any atom is -0.480 e. The Bertz CT molecular complexity index is 857. The van der Waals surface area contributed by atoms with E-state index in [2.05, 4.69) is 10.2 Å². The van der Waals surface area contributed by atoms with Crippen LogP contribution in [0.4, 0.5) is 17.6 Å². The molecule has 0 saturated heterocycles. The molecule has 2 aromatic rings.